The molecule has 1 saturated heterocycles. The number of methoxy groups -OCH3 is 2. The van der Waals surface area contributed by atoms with Crippen LogP contribution >= 0.6 is 0 Å². The van der Waals surface area contributed by atoms with Crippen molar-refractivity contribution in [3.05, 3.63) is 47.6 Å². The number of cyclic esters (lactones) is 1. The molecule has 75 heavy (non-hydrogen) atoms. The number of carbonyl (C=O) groups is 6. The summed E-state index contributed by atoms with van der Waals surface area (Å²) in [7, 11) is -0.0380. The number of esters is 2. The van der Waals surface area contributed by atoms with Crippen LogP contribution in [0.2, 0.25) is 0 Å². The Morgan fingerprint density at radius 1 is 0.907 bits per heavy atom. The monoisotopic (exact) mass is 1080 g/mol. The van der Waals surface area contributed by atoms with Gasteiger partial charge in [-0.1, -0.05) is 76.1 Å². The van der Waals surface area contributed by atoms with Crippen molar-refractivity contribution >= 4 is 45.2 Å². The van der Waals surface area contributed by atoms with Crippen LogP contribution in [0.3, 0.4) is 0 Å². The van der Waals surface area contributed by atoms with Gasteiger partial charge in [-0.15, -0.1) is 0 Å². The topological polar surface area (TPSA) is 248 Å². The summed E-state index contributed by atoms with van der Waals surface area (Å²) in [6, 6.07) is -2.39. The number of likely N-dealkylation sites (N-methyl/N-ethyl adjacent to an activating group) is 1. The number of allylic oxidation sites excluding steroid dienone is 6. The minimum atomic E-state index is -4.29. The number of ketones is 3. The van der Waals surface area contributed by atoms with Crippen LogP contribution in [0.15, 0.2) is 47.6 Å². The van der Waals surface area contributed by atoms with E-state index in [1.54, 1.807) is 79.0 Å². The van der Waals surface area contributed by atoms with Crippen LogP contribution in [0.25, 0.3) is 0 Å². The molecule has 3 fully saturated rings. The molecule has 4 aliphatic rings. The first-order valence-corrected chi connectivity index (χ1v) is 28.7. The Labute approximate surface area is 445 Å². The Balaban J connectivity index is 1.67. The number of ether oxygens (including phenoxy) is 6. The van der Waals surface area contributed by atoms with Gasteiger partial charge < -0.3 is 43.5 Å². The number of sulfonamides is 1. The van der Waals surface area contributed by atoms with Crippen LogP contribution in [0.5, 0.6) is 0 Å². The Bertz CT molecular complexity index is 2190. The number of nitrogens with zero attached hydrogens (tertiary/aromatic N) is 1. The maximum absolute atomic E-state index is 14.2. The quantitative estimate of drug-likeness (QED) is 0.108. The van der Waals surface area contributed by atoms with Crippen LogP contribution in [0.1, 0.15) is 139 Å². The highest BCUT2D eigenvalue weighted by molar-refractivity contribution is 7.90. The van der Waals surface area contributed by atoms with E-state index in [1.807, 2.05) is 13.0 Å². The molecule has 0 aromatic rings. The highest BCUT2D eigenvalue weighted by atomic mass is 32.2. The lowest BCUT2D eigenvalue weighted by molar-refractivity contribution is -0.263. The first-order chi connectivity index (χ1) is 35.4. The van der Waals surface area contributed by atoms with Gasteiger partial charge in [-0.2, -0.15) is 0 Å². The SMILES string of the molecule is CCOC(=O)CS(=O)(=O)NC1C[C@H]2CC[C@H](C)[C@](O)(O2)C(=O)C(=O)N(C)C(C)C(=O)OC([C@H](C)C[C@@H]2CC[C@@H](OCC3CCC3)[C@H](OC)C2)CC(=O)C(C)/C=C(/C)C(O)C(OC)C(=O)C(C)CC\C=C/C=C\C=C/1C. The minimum absolute atomic E-state index is 0.0271. The molecule has 424 valence electrons. The standard InChI is InChI=1S/C56H88N2O16S/c1-12-71-49(60)33-75(67,68)57-44-30-43-25-23-39(7)56(66,74-43)53(63)54(64)58(9)40(8)55(65)73-47(37(5)28-42-24-26-46(48(29-42)69-10)72-32-41-21-18-22-41)31-45(59)36(4)27-38(6)51(62)52(70-11)50(61)35(3)20-17-15-13-14-16-19-34(44)2/h13-16,19,27,35-37,39-44,46-48,51-52,57,62,66H,12,17-18,20-26,28-33H2,1-11H3/b15-13-,16-14-,34-19-,38-27-/t35?,36?,37-,39+,40?,42+,43-,44?,46-,47?,48-,51?,52?,56+/m1/s1. The van der Waals surface area contributed by atoms with Gasteiger partial charge in [-0.05, 0) is 122 Å². The van der Waals surface area contributed by atoms with Crippen molar-refractivity contribution < 1.29 is 75.8 Å². The van der Waals surface area contributed by atoms with Crippen molar-refractivity contribution in [3.63, 3.8) is 0 Å². The van der Waals surface area contributed by atoms with Gasteiger partial charge in [-0.3, -0.25) is 24.0 Å². The number of fused-ring (bicyclic) bond motifs is 2. The largest absolute Gasteiger partial charge is 0.465 e. The lowest BCUT2D eigenvalue weighted by Gasteiger charge is -2.42. The highest BCUT2D eigenvalue weighted by Gasteiger charge is 2.52. The zero-order valence-electron chi connectivity index (χ0n) is 46.3. The number of Topliss-reactive ketones (excluding diaryl/α,β-unsaturated/α-hetero) is 3. The third-order valence-electron chi connectivity index (χ3n) is 15.9. The molecule has 0 aromatic heterocycles. The van der Waals surface area contributed by atoms with Gasteiger partial charge >= 0.3 is 11.9 Å². The highest BCUT2D eigenvalue weighted by Crippen LogP contribution is 2.38. The van der Waals surface area contributed by atoms with Gasteiger partial charge in [0.05, 0.1) is 24.9 Å². The number of aliphatic hydroxyl groups is 2. The van der Waals surface area contributed by atoms with Crippen molar-refractivity contribution in [2.24, 2.45) is 35.5 Å². The van der Waals surface area contributed by atoms with Crippen molar-refractivity contribution in [3.8, 4) is 0 Å². The second kappa shape index (κ2) is 29.7. The third-order valence-corrected chi connectivity index (χ3v) is 17.1. The predicted molar refractivity (Wildman–Crippen MR) is 281 cm³/mol. The molecule has 7 unspecified atom stereocenters. The third kappa shape index (κ3) is 18.3. The normalized spacial score (nSPS) is 36.0. The summed E-state index contributed by atoms with van der Waals surface area (Å²) in [5, 5.41) is 23.4. The van der Waals surface area contributed by atoms with Crippen LogP contribution in [-0.2, 0) is 67.2 Å². The van der Waals surface area contributed by atoms with Gasteiger partial charge in [0, 0.05) is 58.1 Å². The van der Waals surface area contributed by atoms with Crippen molar-refractivity contribution in [2.75, 3.05) is 40.2 Å². The first kappa shape index (κ1) is 63.6. The summed E-state index contributed by atoms with van der Waals surface area (Å²) in [6.45, 7) is 13.8. The van der Waals surface area contributed by atoms with E-state index < -0.39 is 99.4 Å². The number of aliphatic hydroxyl groups excluding tert-OH is 1. The van der Waals surface area contributed by atoms with Crippen LogP contribution in [0, 0.1) is 35.5 Å². The number of rotatable bonds is 13. The molecular weight excluding hydrogens is 989 g/mol. The Morgan fingerprint density at radius 2 is 1.61 bits per heavy atom. The number of hydrogen-bond acceptors (Lipinski definition) is 16. The van der Waals surface area contributed by atoms with Gasteiger partial charge in [0.25, 0.3) is 11.7 Å². The minimum Gasteiger partial charge on any atom is -0.465 e. The molecule has 0 radical (unpaired) electrons. The van der Waals surface area contributed by atoms with E-state index in [0.717, 1.165) is 17.7 Å². The summed E-state index contributed by atoms with van der Waals surface area (Å²) in [5.74, 6) is -10.5. The van der Waals surface area contributed by atoms with Gasteiger partial charge in [-0.25, -0.2) is 17.9 Å². The first-order valence-electron chi connectivity index (χ1n) is 27.0. The van der Waals surface area contributed by atoms with E-state index in [2.05, 4.69) is 4.72 Å². The van der Waals surface area contributed by atoms with Gasteiger partial charge in [0.2, 0.25) is 15.8 Å². The fourth-order valence-corrected chi connectivity index (χ4v) is 11.5. The smallest absolute Gasteiger partial charge is 0.328 e. The van der Waals surface area contributed by atoms with E-state index >= 15 is 0 Å². The zero-order valence-corrected chi connectivity index (χ0v) is 47.1. The fourth-order valence-electron chi connectivity index (χ4n) is 10.3. The Kier molecular flexibility index (Phi) is 25.2. The van der Waals surface area contributed by atoms with Crippen LogP contribution in [0.4, 0.5) is 0 Å². The maximum atomic E-state index is 14.2. The number of carbonyl (C=O) groups excluding carboxylic acids is 6. The molecule has 4 rings (SSSR count). The average Bonchev–Trinajstić information content (AvgIpc) is 3.34. The van der Waals surface area contributed by atoms with E-state index in [0.29, 0.717) is 49.4 Å². The molecule has 0 spiro atoms. The summed E-state index contributed by atoms with van der Waals surface area (Å²) in [6.07, 6.45) is 13.1. The van der Waals surface area contributed by atoms with Crippen molar-refractivity contribution in [2.45, 2.75) is 193 Å². The van der Waals surface area contributed by atoms with E-state index in [1.165, 1.54) is 40.3 Å². The molecule has 18 nitrogen and oxygen atoms in total. The molecule has 1 amide bonds. The Morgan fingerprint density at radius 3 is 2.25 bits per heavy atom. The summed E-state index contributed by atoms with van der Waals surface area (Å²) in [5.41, 5.74) is 0.837. The second-order valence-corrected chi connectivity index (χ2v) is 23.4. The van der Waals surface area contributed by atoms with E-state index in [-0.39, 0.29) is 67.9 Å². The lowest BCUT2D eigenvalue weighted by atomic mass is 9.78. The molecule has 14 atom stereocenters. The molecule has 3 N–H and O–H groups in total. The molecule has 2 saturated carbocycles. The molecular formula is C56H88N2O16S. The number of hydrogen-bond donors (Lipinski definition) is 3. The van der Waals surface area contributed by atoms with E-state index in [9.17, 15) is 47.4 Å². The molecule has 2 aliphatic carbocycles. The fraction of sp³-hybridized carbons (Fsp3) is 0.750. The van der Waals surface area contributed by atoms with Crippen LogP contribution in [-0.4, -0.2) is 153 Å². The van der Waals surface area contributed by atoms with Crippen molar-refractivity contribution in [1.29, 1.82) is 0 Å². The predicted octanol–water partition coefficient (Wildman–Crippen LogP) is 6.06. The molecule has 2 aliphatic heterocycles. The summed E-state index contributed by atoms with van der Waals surface area (Å²) >= 11 is 0. The Hall–Kier alpha value is -3.95. The summed E-state index contributed by atoms with van der Waals surface area (Å²) in [4.78, 5) is 83.5. The zero-order chi connectivity index (χ0) is 55.8. The molecule has 2 bridgehead atoms. The maximum Gasteiger partial charge on any atom is 0.328 e. The van der Waals surface area contributed by atoms with Gasteiger partial charge in [0.15, 0.2) is 11.5 Å². The van der Waals surface area contributed by atoms with E-state index in [4.69, 9.17) is 28.4 Å². The lowest BCUT2D eigenvalue weighted by Crippen LogP contribution is -2.59. The number of amides is 1. The second-order valence-electron chi connectivity index (χ2n) is 21.7. The molecule has 0 aromatic carbocycles. The average molecular weight is 1080 g/mol. The van der Waals surface area contributed by atoms with Crippen molar-refractivity contribution in [1.82, 2.24) is 9.62 Å². The molecule has 2 heterocycles. The number of nitrogens with one attached hydrogen (secondary N) is 1. The van der Waals surface area contributed by atoms with Gasteiger partial charge in [0.1, 0.15) is 30.1 Å². The summed E-state index contributed by atoms with van der Waals surface area (Å²) < 4.78 is 64.1. The molecule has 19 heteroatoms. The van der Waals surface area contributed by atoms with Crippen LogP contribution < -0.4 is 4.72 Å².